The predicted molar refractivity (Wildman–Crippen MR) is 114 cm³/mol. The zero-order valence-corrected chi connectivity index (χ0v) is 19.0. The number of ether oxygens (including phenoxy) is 3. The summed E-state index contributed by atoms with van der Waals surface area (Å²) in [7, 11) is 1.64. The molecule has 1 aliphatic heterocycles. The lowest BCUT2D eigenvalue weighted by Gasteiger charge is -2.33. The van der Waals surface area contributed by atoms with Gasteiger partial charge in [-0.05, 0) is 58.1 Å². The second kappa shape index (κ2) is 9.70. The molecule has 9 heteroatoms. The van der Waals surface area contributed by atoms with Crippen LogP contribution in [0.25, 0.3) is 11.4 Å². The fraction of sp³-hybridized carbons (Fsp3) is 0.571. The van der Waals surface area contributed by atoms with E-state index in [1.807, 2.05) is 45.2 Å². The van der Waals surface area contributed by atoms with Crippen LogP contribution in [0, 0.1) is 0 Å². The van der Waals surface area contributed by atoms with Crippen LogP contribution in [0.1, 0.15) is 39.5 Å². The van der Waals surface area contributed by atoms with Crippen LogP contribution in [0.4, 0.5) is 4.79 Å². The number of piperidine rings is 1. The first-order valence-electron chi connectivity index (χ1n) is 9.93. The SMILES string of the molecule is COc1cc(-c2noc(COC3CCN(C(=O)OC(C)(C)C)CC3)n2)ccc1SC. The van der Waals surface area contributed by atoms with Crippen LogP contribution in [-0.2, 0) is 16.1 Å². The number of nitrogens with zero attached hydrogens (tertiary/aromatic N) is 3. The first kappa shape index (κ1) is 22.4. The molecule has 0 aliphatic carbocycles. The molecule has 0 N–H and O–H groups in total. The summed E-state index contributed by atoms with van der Waals surface area (Å²) in [6, 6.07) is 5.81. The Hall–Kier alpha value is -2.26. The molecule has 0 bridgehead atoms. The number of thioether (sulfide) groups is 1. The van der Waals surface area contributed by atoms with E-state index in [1.54, 1.807) is 23.8 Å². The van der Waals surface area contributed by atoms with Gasteiger partial charge in [-0.3, -0.25) is 0 Å². The van der Waals surface area contributed by atoms with Crippen LogP contribution >= 0.6 is 11.8 Å². The van der Waals surface area contributed by atoms with Gasteiger partial charge in [0, 0.05) is 23.5 Å². The fourth-order valence-corrected chi connectivity index (χ4v) is 3.67. The minimum absolute atomic E-state index is 0.0417. The smallest absolute Gasteiger partial charge is 0.410 e. The zero-order chi connectivity index (χ0) is 21.7. The number of hydrogen-bond donors (Lipinski definition) is 0. The van der Waals surface area contributed by atoms with Crippen molar-refractivity contribution in [3.05, 3.63) is 24.1 Å². The maximum absolute atomic E-state index is 12.1. The van der Waals surface area contributed by atoms with Gasteiger partial charge in [0.15, 0.2) is 0 Å². The van der Waals surface area contributed by atoms with Gasteiger partial charge < -0.3 is 23.6 Å². The number of carbonyl (C=O) groups is 1. The number of aromatic nitrogens is 2. The molecule has 3 rings (SSSR count). The van der Waals surface area contributed by atoms with Gasteiger partial charge in [-0.1, -0.05) is 5.16 Å². The van der Waals surface area contributed by atoms with Crippen LogP contribution < -0.4 is 4.74 Å². The van der Waals surface area contributed by atoms with E-state index in [4.69, 9.17) is 18.7 Å². The maximum atomic E-state index is 12.1. The molecule has 2 heterocycles. The highest BCUT2D eigenvalue weighted by molar-refractivity contribution is 7.98. The monoisotopic (exact) mass is 435 g/mol. The van der Waals surface area contributed by atoms with Crippen LogP contribution in [0.3, 0.4) is 0 Å². The van der Waals surface area contributed by atoms with Crippen LogP contribution in [0.5, 0.6) is 5.75 Å². The third-order valence-corrected chi connectivity index (χ3v) is 5.42. The number of hydrogen-bond acceptors (Lipinski definition) is 8. The summed E-state index contributed by atoms with van der Waals surface area (Å²) in [6.45, 7) is 7.06. The van der Waals surface area contributed by atoms with Crippen LogP contribution in [0.15, 0.2) is 27.6 Å². The minimum Gasteiger partial charge on any atom is -0.496 e. The molecule has 1 saturated heterocycles. The predicted octanol–water partition coefficient (Wildman–Crippen LogP) is 4.38. The molecule has 1 aliphatic rings. The summed E-state index contributed by atoms with van der Waals surface area (Å²) < 4.78 is 22.1. The lowest BCUT2D eigenvalue weighted by atomic mass is 10.1. The summed E-state index contributed by atoms with van der Waals surface area (Å²) in [6.07, 6.45) is 3.26. The first-order chi connectivity index (χ1) is 14.3. The molecule has 0 unspecified atom stereocenters. The summed E-state index contributed by atoms with van der Waals surface area (Å²) in [5.41, 5.74) is 0.338. The van der Waals surface area contributed by atoms with Crippen LogP contribution in [-0.4, -0.2) is 59.3 Å². The van der Waals surface area contributed by atoms with Crippen LogP contribution in [0.2, 0.25) is 0 Å². The molecule has 30 heavy (non-hydrogen) atoms. The molecule has 2 aromatic rings. The summed E-state index contributed by atoms with van der Waals surface area (Å²) in [4.78, 5) is 19.3. The highest BCUT2D eigenvalue weighted by Crippen LogP contribution is 2.31. The zero-order valence-electron chi connectivity index (χ0n) is 18.1. The van der Waals surface area contributed by atoms with Gasteiger partial charge in [0.1, 0.15) is 18.0 Å². The van der Waals surface area contributed by atoms with Gasteiger partial charge in [-0.25, -0.2) is 4.79 Å². The van der Waals surface area contributed by atoms with Crippen molar-refractivity contribution in [2.45, 2.75) is 56.8 Å². The molecule has 1 aromatic carbocycles. The van der Waals surface area contributed by atoms with Crippen molar-refractivity contribution < 1.29 is 23.5 Å². The van der Waals surface area contributed by atoms with E-state index in [0.29, 0.717) is 24.8 Å². The number of methoxy groups -OCH3 is 1. The molecule has 0 saturated carbocycles. The molecule has 1 amide bonds. The number of likely N-dealkylation sites (tertiary alicyclic amines) is 1. The molecule has 0 spiro atoms. The Balaban J connectivity index is 1.50. The van der Waals surface area contributed by atoms with Gasteiger partial charge in [0.05, 0.1) is 13.2 Å². The maximum Gasteiger partial charge on any atom is 0.410 e. The standard InChI is InChI=1S/C21H29N3O5S/c1-21(2,3)28-20(25)24-10-8-15(9-11-24)27-13-18-22-19(23-29-18)14-6-7-17(30-5)16(12-14)26-4/h6-7,12,15H,8-11,13H2,1-5H3. The molecule has 164 valence electrons. The second-order valence-electron chi connectivity index (χ2n) is 8.06. The molecule has 1 fully saturated rings. The average Bonchev–Trinajstić information content (AvgIpc) is 3.20. The van der Waals surface area contributed by atoms with Gasteiger partial charge >= 0.3 is 6.09 Å². The van der Waals surface area contributed by atoms with Gasteiger partial charge in [-0.15, -0.1) is 11.8 Å². The Bertz CT molecular complexity index is 857. The molecular weight excluding hydrogens is 406 g/mol. The Kier molecular flexibility index (Phi) is 7.25. The normalized spacial score (nSPS) is 15.3. The minimum atomic E-state index is -0.486. The van der Waals surface area contributed by atoms with Gasteiger partial charge in [0.2, 0.25) is 5.82 Å². The largest absolute Gasteiger partial charge is 0.496 e. The number of amides is 1. The van der Waals surface area contributed by atoms with Crippen molar-refractivity contribution in [1.82, 2.24) is 15.0 Å². The third kappa shape index (κ3) is 5.89. The highest BCUT2D eigenvalue weighted by atomic mass is 32.2. The molecule has 8 nitrogen and oxygen atoms in total. The van der Waals surface area contributed by atoms with Crippen molar-refractivity contribution in [3.8, 4) is 17.1 Å². The van der Waals surface area contributed by atoms with Gasteiger partial charge in [0.25, 0.3) is 5.89 Å². The number of carbonyl (C=O) groups excluding carboxylic acids is 1. The Morgan fingerprint density at radius 1 is 1.30 bits per heavy atom. The van der Waals surface area contributed by atoms with E-state index in [1.165, 1.54) is 0 Å². The molecular formula is C21H29N3O5S. The average molecular weight is 436 g/mol. The van der Waals surface area contributed by atoms with Crippen molar-refractivity contribution in [3.63, 3.8) is 0 Å². The lowest BCUT2D eigenvalue weighted by molar-refractivity contribution is -0.0231. The highest BCUT2D eigenvalue weighted by Gasteiger charge is 2.27. The summed E-state index contributed by atoms with van der Waals surface area (Å²) in [5, 5.41) is 4.05. The number of benzene rings is 1. The quantitative estimate of drug-likeness (QED) is 0.618. The van der Waals surface area contributed by atoms with Crippen molar-refractivity contribution in [2.24, 2.45) is 0 Å². The Morgan fingerprint density at radius 3 is 2.67 bits per heavy atom. The topological polar surface area (TPSA) is 86.9 Å². The fourth-order valence-electron chi connectivity index (χ4n) is 3.13. The van der Waals surface area contributed by atoms with E-state index in [-0.39, 0.29) is 18.8 Å². The number of rotatable bonds is 6. The van der Waals surface area contributed by atoms with E-state index < -0.39 is 5.60 Å². The molecule has 1 aromatic heterocycles. The third-order valence-electron chi connectivity index (χ3n) is 4.65. The summed E-state index contributed by atoms with van der Waals surface area (Å²) in [5.74, 6) is 1.70. The second-order valence-corrected chi connectivity index (χ2v) is 8.91. The van der Waals surface area contributed by atoms with E-state index >= 15 is 0 Å². The Morgan fingerprint density at radius 2 is 2.03 bits per heavy atom. The molecule has 0 atom stereocenters. The molecule has 0 radical (unpaired) electrons. The Labute approximate surface area is 181 Å². The summed E-state index contributed by atoms with van der Waals surface area (Å²) >= 11 is 1.62. The van der Waals surface area contributed by atoms with E-state index in [9.17, 15) is 4.79 Å². The van der Waals surface area contributed by atoms with E-state index in [2.05, 4.69) is 10.1 Å². The lowest BCUT2D eigenvalue weighted by Crippen LogP contribution is -2.43. The van der Waals surface area contributed by atoms with Crippen molar-refractivity contribution >= 4 is 17.9 Å². The van der Waals surface area contributed by atoms with Crippen molar-refractivity contribution in [2.75, 3.05) is 26.5 Å². The van der Waals surface area contributed by atoms with Gasteiger partial charge in [-0.2, -0.15) is 4.98 Å². The van der Waals surface area contributed by atoms with Crippen molar-refractivity contribution in [1.29, 1.82) is 0 Å². The van der Waals surface area contributed by atoms with E-state index in [0.717, 1.165) is 29.1 Å². The first-order valence-corrected chi connectivity index (χ1v) is 11.2.